The molecule has 0 aliphatic carbocycles. The van der Waals surface area contributed by atoms with Gasteiger partial charge in [-0.05, 0) is 51.0 Å². The molecular formula is C16H20N2O3. The molecule has 1 aromatic heterocycles. The first-order valence-electron chi connectivity index (χ1n) is 6.89. The zero-order chi connectivity index (χ0) is 15.4. The van der Waals surface area contributed by atoms with Crippen LogP contribution in [0.15, 0.2) is 22.7 Å². The van der Waals surface area contributed by atoms with Crippen LogP contribution in [0.5, 0.6) is 5.75 Å². The van der Waals surface area contributed by atoms with Gasteiger partial charge >= 0.3 is 0 Å². The molecule has 0 unspecified atom stereocenters. The van der Waals surface area contributed by atoms with E-state index in [1.54, 1.807) is 13.8 Å². The van der Waals surface area contributed by atoms with E-state index >= 15 is 0 Å². The zero-order valence-electron chi connectivity index (χ0n) is 12.8. The number of nitrogens with zero attached hydrogens (tertiary/aromatic N) is 1. The third kappa shape index (κ3) is 4.08. The number of ether oxygens (including phenoxy) is 1. The average molecular weight is 288 g/mol. The number of rotatable bonds is 5. The van der Waals surface area contributed by atoms with Crippen LogP contribution in [0.4, 0.5) is 5.69 Å². The Morgan fingerprint density at radius 1 is 1.19 bits per heavy atom. The van der Waals surface area contributed by atoms with Crippen molar-refractivity contribution >= 4 is 11.6 Å². The van der Waals surface area contributed by atoms with Gasteiger partial charge in [-0.25, -0.2) is 0 Å². The summed E-state index contributed by atoms with van der Waals surface area (Å²) in [6.45, 7) is 7.92. The highest BCUT2D eigenvalue weighted by molar-refractivity contribution is 5.91. The molecule has 0 bridgehead atoms. The molecule has 1 aromatic carbocycles. The van der Waals surface area contributed by atoms with Crippen LogP contribution in [-0.2, 0) is 4.79 Å². The molecule has 21 heavy (non-hydrogen) atoms. The van der Waals surface area contributed by atoms with Crippen molar-refractivity contribution in [1.29, 1.82) is 0 Å². The van der Waals surface area contributed by atoms with E-state index in [0.29, 0.717) is 23.7 Å². The molecule has 0 aliphatic heterocycles. The average Bonchev–Trinajstić information content (AvgIpc) is 2.69. The molecular weight excluding hydrogens is 268 g/mol. The van der Waals surface area contributed by atoms with Crippen molar-refractivity contribution in [3.8, 4) is 5.75 Å². The van der Waals surface area contributed by atoms with Crippen LogP contribution in [0.2, 0.25) is 0 Å². The van der Waals surface area contributed by atoms with Gasteiger partial charge in [0.05, 0.1) is 13.0 Å². The molecule has 0 saturated heterocycles. The fourth-order valence-corrected chi connectivity index (χ4v) is 2.14. The lowest BCUT2D eigenvalue weighted by Gasteiger charge is -2.08. The Bertz CT molecular complexity index is 607. The topological polar surface area (TPSA) is 64.4 Å². The normalized spacial score (nSPS) is 10.5. The first kappa shape index (κ1) is 15.1. The molecule has 0 fully saturated rings. The van der Waals surface area contributed by atoms with Crippen LogP contribution < -0.4 is 10.1 Å². The summed E-state index contributed by atoms with van der Waals surface area (Å²) < 4.78 is 10.6. The minimum Gasteiger partial charge on any atom is -0.493 e. The monoisotopic (exact) mass is 288 g/mol. The number of benzene rings is 1. The van der Waals surface area contributed by atoms with E-state index in [1.807, 2.05) is 26.0 Å². The van der Waals surface area contributed by atoms with E-state index in [9.17, 15) is 4.79 Å². The molecule has 1 amide bonds. The minimum absolute atomic E-state index is 0.117. The lowest BCUT2D eigenvalue weighted by molar-refractivity contribution is -0.116. The predicted octanol–water partition coefficient (Wildman–Crippen LogP) is 3.32. The number of anilines is 1. The first-order chi connectivity index (χ1) is 9.95. The van der Waals surface area contributed by atoms with Gasteiger partial charge in [-0.1, -0.05) is 11.2 Å². The maximum Gasteiger partial charge on any atom is 0.227 e. The maximum atomic E-state index is 11.9. The molecule has 1 heterocycles. The van der Waals surface area contributed by atoms with Gasteiger partial charge in [0, 0.05) is 0 Å². The number of hydrogen-bond donors (Lipinski definition) is 1. The van der Waals surface area contributed by atoms with Crippen LogP contribution in [-0.4, -0.2) is 17.7 Å². The Morgan fingerprint density at radius 2 is 1.86 bits per heavy atom. The highest BCUT2D eigenvalue weighted by atomic mass is 16.5. The third-order valence-corrected chi connectivity index (χ3v) is 3.09. The summed E-state index contributed by atoms with van der Waals surface area (Å²) in [6.07, 6.45) is 0.275. The first-order valence-corrected chi connectivity index (χ1v) is 6.89. The van der Waals surface area contributed by atoms with E-state index in [4.69, 9.17) is 9.26 Å². The van der Waals surface area contributed by atoms with E-state index < -0.39 is 0 Å². The van der Waals surface area contributed by atoms with E-state index in [0.717, 1.165) is 16.9 Å². The van der Waals surface area contributed by atoms with Crippen molar-refractivity contribution < 1.29 is 14.1 Å². The Balaban J connectivity index is 1.84. The number of aromatic nitrogens is 1. The molecule has 5 nitrogen and oxygen atoms in total. The molecule has 0 radical (unpaired) electrons. The van der Waals surface area contributed by atoms with Gasteiger partial charge in [-0.15, -0.1) is 0 Å². The molecule has 0 spiro atoms. The summed E-state index contributed by atoms with van der Waals surface area (Å²) in [5.41, 5.74) is 3.61. The summed E-state index contributed by atoms with van der Waals surface area (Å²) in [7, 11) is 0. The summed E-state index contributed by atoms with van der Waals surface area (Å²) in [6, 6.07) is 6.00. The molecule has 112 valence electrons. The molecule has 5 heteroatoms. The Hall–Kier alpha value is -2.30. The highest BCUT2D eigenvalue weighted by Gasteiger charge is 2.12. The standard InChI is InChI=1S/C16H20N2O3/c1-10-7-11(2)9-14(8-10)20-6-5-15(19)17-16-12(3)18-21-13(16)4/h7-9H,5-6H2,1-4H3,(H,17,19). The van der Waals surface area contributed by atoms with Crippen molar-refractivity contribution in [1.82, 2.24) is 5.16 Å². The predicted molar refractivity (Wildman–Crippen MR) is 80.6 cm³/mol. The lowest BCUT2D eigenvalue weighted by atomic mass is 10.1. The second-order valence-corrected chi connectivity index (χ2v) is 5.17. The lowest BCUT2D eigenvalue weighted by Crippen LogP contribution is -2.16. The molecule has 1 N–H and O–H groups in total. The number of amides is 1. The highest BCUT2D eigenvalue weighted by Crippen LogP contribution is 2.19. The van der Waals surface area contributed by atoms with Crippen molar-refractivity contribution in [3.63, 3.8) is 0 Å². The third-order valence-electron chi connectivity index (χ3n) is 3.09. The van der Waals surface area contributed by atoms with Gasteiger partial charge in [-0.3, -0.25) is 4.79 Å². The van der Waals surface area contributed by atoms with Gasteiger partial charge in [0.1, 0.15) is 17.1 Å². The van der Waals surface area contributed by atoms with Gasteiger partial charge in [0.2, 0.25) is 5.91 Å². The summed E-state index contributed by atoms with van der Waals surface area (Å²) in [5.74, 6) is 1.28. The SMILES string of the molecule is Cc1cc(C)cc(OCCC(=O)Nc2c(C)noc2C)c1. The van der Waals surface area contributed by atoms with Crippen LogP contribution in [0, 0.1) is 27.7 Å². The van der Waals surface area contributed by atoms with Gasteiger partial charge < -0.3 is 14.6 Å². The minimum atomic E-state index is -0.117. The van der Waals surface area contributed by atoms with Crippen molar-refractivity contribution in [3.05, 3.63) is 40.8 Å². The van der Waals surface area contributed by atoms with Gasteiger partial charge in [-0.2, -0.15) is 0 Å². The summed E-state index contributed by atoms with van der Waals surface area (Å²) in [4.78, 5) is 11.9. The molecule has 0 aliphatic rings. The van der Waals surface area contributed by atoms with Gasteiger partial charge in [0.15, 0.2) is 5.76 Å². The quantitative estimate of drug-likeness (QED) is 0.916. The van der Waals surface area contributed by atoms with Crippen LogP contribution >= 0.6 is 0 Å². The van der Waals surface area contributed by atoms with Gasteiger partial charge in [0.25, 0.3) is 0 Å². The largest absolute Gasteiger partial charge is 0.493 e. The smallest absolute Gasteiger partial charge is 0.227 e. The van der Waals surface area contributed by atoms with E-state index in [-0.39, 0.29) is 12.3 Å². The fraction of sp³-hybridized carbons (Fsp3) is 0.375. The van der Waals surface area contributed by atoms with Crippen LogP contribution in [0.3, 0.4) is 0 Å². The fourth-order valence-electron chi connectivity index (χ4n) is 2.14. The van der Waals surface area contributed by atoms with Crippen LogP contribution in [0.1, 0.15) is 29.0 Å². The Morgan fingerprint density at radius 3 is 2.43 bits per heavy atom. The van der Waals surface area contributed by atoms with Crippen molar-refractivity contribution in [2.75, 3.05) is 11.9 Å². The number of hydrogen-bond acceptors (Lipinski definition) is 4. The molecule has 2 aromatic rings. The number of aryl methyl sites for hydroxylation is 4. The second kappa shape index (κ2) is 6.43. The summed E-state index contributed by atoms with van der Waals surface area (Å²) in [5, 5.41) is 6.59. The Kier molecular flexibility index (Phi) is 4.62. The zero-order valence-corrected chi connectivity index (χ0v) is 12.8. The molecule has 2 rings (SSSR count). The number of nitrogens with one attached hydrogen (secondary N) is 1. The molecule has 0 atom stereocenters. The van der Waals surface area contributed by atoms with E-state index in [2.05, 4.69) is 16.5 Å². The maximum absolute atomic E-state index is 11.9. The van der Waals surface area contributed by atoms with Crippen molar-refractivity contribution in [2.45, 2.75) is 34.1 Å². The number of carbonyl (C=O) groups excluding carboxylic acids is 1. The Labute approximate surface area is 124 Å². The second-order valence-electron chi connectivity index (χ2n) is 5.17. The van der Waals surface area contributed by atoms with Crippen molar-refractivity contribution in [2.24, 2.45) is 0 Å². The number of carbonyl (C=O) groups is 1. The molecule has 0 saturated carbocycles. The van der Waals surface area contributed by atoms with E-state index in [1.165, 1.54) is 0 Å². The summed E-state index contributed by atoms with van der Waals surface area (Å²) >= 11 is 0. The van der Waals surface area contributed by atoms with Crippen LogP contribution in [0.25, 0.3) is 0 Å².